The van der Waals surface area contributed by atoms with Gasteiger partial charge in [-0.2, -0.15) is 0 Å². The molecule has 1 aliphatic rings. The maximum atomic E-state index is 13.1. The quantitative estimate of drug-likeness (QED) is 0.811. The molecule has 1 atom stereocenters. The molecule has 1 saturated heterocycles. The number of benzene rings is 1. The highest BCUT2D eigenvalue weighted by molar-refractivity contribution is 7.13. The van der Waals surface area contributed by atoms with Crippen LogP contribution in [0.4, 0.5) is 9.52 Å². The zero-order chi connectivity index (χ0) is 17.8. The third-order valence-electron chi connectivity index (χ3n) is 4.38. The molecule has 2 aromatic rings. The van der Waals surface area contributed by atoms with Crippen LogP contribution in [-0.4, -0.2) is 53.2 Å². The van der Waals surface area contributed by atoms with Crippen molar-refractivity contribution in [2.45, 2.75) is 19.0 Å². The number of aliphatic hydroxyl groups excluding tert-OH is 1. The van der Waals surface area contributed by atoms with Gasteiger partial charge in [0, 0.05) is 44.2 Å². The fourth-order valence-corrected chi connectivity index (χ4v) is 3.90. The van der Waals surface area contributed by atoms with Gasteiger partial charge in [0.05, 0.1) is 0 Å². The second-order valence-corrected chi connectivity index (χ2v) is 6.93. The molecule has 2 heterocycles. The van der Waals surface area contributed by atoms with Crippen molar-refractivity contribution in [2.75, 3.05) is 31.1 Å². The van der Waals surface area contributed by atoms with Crippen LogP contribution in [0.1, 0.15) is 22.5 Å². The summed E-state index contributed by atoms with van der Waals surface area (Å²) in [7, 11) is 0. The van der Waals surface area contributed by atoms with Crippen LogP contribution in [0.5, 0.6) is 0 Å². The lowest BCUT2D eigenvalue weighted by Gasteiger charge is -2.41. The van der Waals surface area contributed by atoms with Gasteiger partial charge in [-0.05, 0) is 24.1 Å². The standard InChI is InChI=1S/C17H21FN4O2S/c18-13-3-1-12(2-4-13)9-21-6-7-22(10-14(21)5-8-23)17-20-15(11-25-17)16(19)24/h1-4,11,14,23H,5-10H2,(H2,19,24). The average Bonchev–Trinajstić information content (AvgIpc) is 3.09. The molecular weight excluding hydrogens is 343 g/mol. The fraction of sp³-hybridized carbons (Fsp3) is 0.412. The molecule has 8 heteroatoms. The largest absolute Gasteiger partial charge is 0.396 e. The topological polar surface area (TPSA) is 82.7 Å². The molecule has 6 nitrogen and oxygen atoms in total. The van der Waals surface area contributed by atoms with Crippen molar-refractivity contribution in [2.24, 2.45) is 5.73 Å². The highest BCUT2D eigenvalue weighted by atomic mass is 32.1. The van der Waals surface area contributed by atoms with Crippen LogP contribution in [0.3, 0.4) is 0 Å². The number of nitrogens with zero attached hydrogens (tertiary/aromatic N) is 3. The van der Waals surface area contributed by atoms with Crippen molar-refractivity contribution >= 4 is 22.4 Å². The number of anilines is 1. The predicted molar refractivity (Wildman–Crippen MR) is 95.1 cm³/mol. The number of carbonyl (C=O) groups excluding carboxylic acids is 1. The lowest BCUT2D eigenvalue weighted by atomic mass is 10.1. The van der Waals surface area contributed by atoms with E-state index >= 15 is 0 Å². The van der Waals surface area contributed by atoms with Gasteiger partial charge < -0.3 is 15.7 Å². The number of carbonyl (C=O) groups is 1. The number of thiazole rings is 1. The smallest absolute Gasteiger partial charge is 0.268 e. The van der Waals surface area contributed by atoms with Crippen molar-refractivity contribution in [1.82, 2.24) is 9.88 Å². The Kier molecular flexibility index (Phi) is 5.62. The molecule has 134 valence electrons. The summed E-state index contributed by atoms with van der Waals surface area (Å²) >= 11 is 1.40. The van der Waals surface area contributed by atoms with E-state index in [1.54, 1.807) is 17.5 Å². The van der Waals surface area contributed by atoms with E-state index in [1.807, 2.05) is 0 Å². The van der Waals surface area contributed by atoms with Crippen LogP contribution in [0.2, 0.25) is 0 Å². The van der Waals surface area contributed by atoms with Crippen molar-refractivity contribution in [3.8, 4) is 0 Å². The molecule has 1 aromatic carbocycles. The second kappa shape index (κ2) is 7.90. The van der Waals surface area contributed by atoms with E-state index in [0.717, 1.165) is 23.8 Å². The Bertz CT molecular complexity index is 722. The Morgan fingerprint density at radius 3 is 2.76 bits per heavy atom. The van der Waals surface area contributed by atoms with E-state index < -0.39 is 5.91 Å². The van der Waals surface area contributed by atoms with Crippen LogP contribution in [-0.2, 0) is 6.54 Å². The molecule has 1 aliphatic heterocycles. The monoisotopic (exact) mass is 364 g/mol. The Morgan fingerprint density at radius 2 is 2.12 bits per heavy atom. The number of aliphatic hydroxyl groups is 1. The van der Waals surface area contributed by atoms with Gasteiger partial charge in [0.15, 0.2) is 5.13 Å². The van der Waals surface area contributed by atoms with E-state index in [9.17, 15) is 14.3 Å². The first-order valence-corrected chi connectivity index (χ1v) is 9.04. The summed E-state index contributed by atoms with van der Waals surface area (Å²) in [5.74, 6) is -0.765. The normalized spacial score (nSPS) is 18.5. The third kappa shape index (κ3) is 4.33. The Labute approximate surface area is 149 Å². The minimum Gasteiger partial charge on any atom is -0.396 e. The van der Waals surface area contributed by atoms with E-state index in [0.29, 0.717) is 19.5 Å². The Balaban J connectivity index is 1.69. The maximum Gasteiger partial charge on any atom is 0.268 e. The van der Waals surface area contributed by atoms with Gasteiger partial charge in [-0.15, -0.1) is 11.3 Å². The highest BCUT2D eigenvalue weighted by Gasteiger charge is 2.28. The first kappa shape index (κ1) is 17.8. The first-order chi connectivity index (χ1) is 12.1. The predicted octanol–water partition coefficient (Wildman–Crippen LogP) is 1.45. The second-order valence-electron chi connectivity index (χ2n) is 6.09. The molecular formula is C17H21FN4O2S. The van der Waals surface area contributed by atoms with Crippen LogP contribution in [0.15, 0.2) is 29.6 Å². The summed E-state index contributed by atoms with van der Waals surface area (Å²) < 4.78 is 13.1. The number of primary amides is 1. The molecule has 1 unspecified atom stereocenters. The lowest BCUT2D eigenvalue weighted by Crippen LogP contribution is -2.53. The summed E-state index contributed by atoms with van der Waals surface area (Å²) in [5, 5.41) is 11.8. The van der Waals surface area contributed by atoms with Gasteiger partial charge >= 0.3 is 0 Å². The molecule has 1 aromatic heterocycles. The Hall–Kier alpha value is -2.03. The molecule has 0 aliphatic carbocycles. The van der Waals surface area contributed by atoms with E-state index in [4.69, 9.17) is 5.73 Å². The van der Waals surface area contributed by atoms with E-state index in [-0.39, 0.29) is 24.2 Å². The van der Waals surface area contributed by atoms with Gasteiger partial charge in [0.25, 0.3) is 5.91 Å². The van der Waals surface area contributed by atoms with Gasteiger partial charge in [0.2, 0.25) is 0 Å². The number of hydrogen-bond donors (Lipinski definition) is 2. The molecule has 0 radical (unpaired) electrons. The number of hydrogen-bond acceptors (Lipinski definition) is 6. The molecule has 0 saturated carbocycles. The SMILES string of the molecule is NC(=O)c1csc(N2CCN(Cc3ccc(F)cc3)C(CCO)C2)n1. The summed E-state index contributed by atoms with van der Waals surface area (Å²) in [6.45, 7) is 3.10. The van der Waals surface area contributed by atoms with Crippen LogP contribution >= 0.6 is 11.3 Å². The van der Waals surface area contributed by atoms with Crippen LogP contribution in [0, 0.1) is 5.82 Å². The summed E-state index contributed by atoms with van der Waals surface area (Å²) in [5.41, 5.74) is 6.60. The van der Waals surface area contributed by atoms with Crippen molar-refractivity contribution in [3.05, 3.63) is 46.7 Å². The van der Waals surface area contributed by atoms with Crippen LogP contribution in [0.25, 0.3) is 0 Å². The maximum absolute atomic E-state index is 13.1. The molecule has 0 bridgehead atoms. The van der Waals surface area contributed by atoms with E-state index in [1.165, 1.54) is 23.5 Å². The summed E-state index contributed by atoms with van der Waals surface area (Å²) in [4.78, 5) is 19.9. The van der Waals surface area contributed by atoms with Gasteiger partial charge in [-0.25, -0.2) is 9.37 Å². The van der Waals surface area contributed by atoms with Crippen LogP contribution < -0.4 is 10.6 Å². The van der Waals surface area contributed by atoms with Gasteiger partial charge in [-0.3, -0.25) is 9.69 Å². The zero-order valence-electron chi connectivity index (χ0n) is 13.8. The summed E-state index contributed by atoms with van der Waals surface area (Å²) in [6, 6.07) is 6.67. The first-order valence-electron chi connectivity index (χ1n) is 8.16. The number of amides is 1. The molecule has 25 heavy (non-hydrogen) atoms. The molecule has 1 amide bonds. The lowest BCUT2D eigenvalue weighted by molar-refractivity contribution is 0.0996. The number of nitrogens with two attached hydrogens (primary N) is 1. The minimum absolute atomic E-state index is 0.100. The third-order valence-corrected chi connectivity index (χ3v) is 5.28. The fourth-order valence-electron chi connectivity index (χ4n) is 3.04. The van der Waals surface area contributed by atoms with Crippen molar-refractivity contribution in [1.29, 1.82) is 0 Å². The van der Waals surface area contributed by atoms with Gasteiger partial charge in [0.1, 0.15) is 11.5 Å². The molecule has 1 fully saturated rings. The van der Waals surface area contributed by atoms with Crippen molar-refractivity contribution < 1.29 is 14.3 Å². The van der Waals surface area contributed by atoms with E-state index in [2.05, 4.69) is 14.8 Å². The number of rotatable bonds is 6. The highest BCUT2D eigenvalue weighted by Crippen LogP contribution is 2.25. The number of halogens is 1. The summed E-state index contributed by atoms with van der Waals surface area (Å²) in [6.07, 6.45) is 0.645. The van der Waals surface area contributed by atoms with Crippen molar-refractivity contribution in [3.63, 3.8) is 0 Å². The average molecular weight is 364 g/mol. The molecule has 0 spiro atoms. The zero-order valence-corrected chi connectivity index (χ0v) is 14.6. The molecule has 3 rings (SSSR count). The number of aromatic nitrogens is 1. The Morgan fingerprint density at radius 1 is 1.36 bits per heavy atom. The minimum atomic E-state index is -0.524. The molecule has 3 N–H and O–H groups in total. The van der Waals surface area contributed by atoms with Gasteiger partial charge in [-0.1, -0.05) is 12.1 Å². The number of piperazine rings is 1.